The number of aliphatic hydroxyl groups excluding tert-OH is 3. The Balaban J connectivity index is 1.95. The summed E-state index contributed by atoms with van der Waals surface area (Å²) in [6.07, 6.45) is -4.36. The Kier molecular flexibility index (Phi) is 5.88. The van der Waals surface area contributed by atoms with Crippen molar-refractivity contribution in [3.05, 3.63) is 58.5 Å². The number of ether oxygens (including phenoxy) is 3. The molecule has 1 aromatic heterocycles. The van der Waals surface area contributed by atoms with Gasteiger partial charge in [-0.2, -0.15) is 0 Å². The van der Waals surface area contributed by atoms with E-state index in [0.717, 1.165) is 0 Å². The number of aromatic hydroxyl groups is 1. The summed E-state index contributed by atoms with van der Waals surface area (Å²) in [6, 6.07) is 7.94. The smallest absolute Gasteiger partial charge is 0.344 e. The van der Waals surface area contributed by atoms with E-state index in [-0.39, 0.29) is 33.2 Å². The maximum Gasteiger partial charge on any atom is 0.344 e. The zero-order chi connectivity index (χ0) is 25.9. The van der Waals surface area contributed by atoms with E-state index in [1.807, 2.05) is 0 Å². The van der Waals surface area contributed by atoms with Gasteiger partial charge < -0.3 is 39.1 Å². The van der Waals surface area contributed by atoms with Crippen LogP contribution in [0.25, 0.3) is 38.6 Å². The first kappa shape index (κ1) is 24.1. The van der Waals surface area contributed by atoms with Crippen molar-refractivity contribution in [1.29, 1.82) is 0 Å². The van der Waals surface area contributed by atoms with E-state index in [9.17, 15) is 25.2 Å². The molecule has 36 heavy (non-hydrogen) atoms. The van der Waals surface area contributed by atoms with Gasteiger partial charge in [-0.1, -0.05) is 18.7 Å². The summed E-state index contributed by atoms with van der Waals surface area (Å²) in [5.41, 5.74) is 0.475. The highest BCUT2D eigenvalue weighted by Gasteiger charge is 2.46. The van der Waals surface area contributed by atoms with E-state index in [1.54, 1.807) is 24.3 Å². The molecular weight excluding hydrogens is 468 g/mol. The molecule has 188 valence electrons. The van der Waals surface area contributed by atoms with Crippen molar-refractivity contribution in [2.24, 2.45) is 0 Å². The average Bonchev–Trinajstić information content (AvgIpc) is 3.17. The predicted molar refractivity (Wildman–Crippen MR) is 134 cm³/mol. The summed E-state index contributed by atoms with van der Waals surface area (Å²) in [5, 5.41) is 43.8. The van der Waals surface area contributed by atoms with Gasteiger partial charge in [0.25, 0.3) is 0 Å². The van der Waals surface area contributed by atoms with Crippen molar-refractivity contribution in [1.82, 2.24) is 0 Å². The Bertz CT molecular complexity index is 1570. The van der Waals surface area contributed by atoms with Gasteiger partial charge in [-0.25, -0.2) is 4.79 Å². The van der Waals surface area contributed by atoms with Gasteiger partial charge in [0.2, 0.25) is 0 Å². The first-order valence-electron chi connectivity index (χ1n) is 11.3. The highest BCUT2D eigenvalue weighted by atomic mass is 16.6. The van der Waals surface area contributed by atoms with Gasteiger partial charge in [0.15, 0.2) is 0 Å². The molecule has 9 heteroatoms. The zero-order valence-electron chi connectivity index (χ0n) is 19.9. The fraction of sp³-hybridized carbons (Fsp3) is 0.296. The second-order valence-corrected chi connectivity index (χ2v) is 8.86. The van der Waals surface area contributed by atoms with Crippen molar-refractivity contribution in [2.45, 2.75) is 37.4 Å². The molecule has 9 nitrogen and oxygen atoms in total. The van der Waals surface area contributed by atoms with Gasteiger partial charge in [-0.05, 0) is 42.3 Å². The Morgan fingerprint density at radius 1 is 1.00 bits per heavy atom. The van der Waals surface area contributed by atoms with Crippen molar-refractivity contribution in [2.75, 3.05) is 14.2 Å². The summed E-state index contributed by atoms with van der Waals surface area (Å²) in [7, 11) is 2.92. The maximum atomic E-state index is 13.2. The molecule has 0 amide bonds. The lowest BCUT2D eigenvalue weighted by molar-refractivity contribution is -0.0586. The van der Waals surface area contributed by atoms with Crippen LogP contribution < -0.4 is 15.1 Å². The molecule has 4 N–H and O–H groups in total. The molecular formula is C27H26O9. The summed E-state index contributed by atoms with van der Waals surface area (Å²) < 4.78 is 22.9. The van der Waals surface area contributed by atoms with E-state index in [2.05, 4.69) is 6.58 Å². The molecule has 4 aromatic rings. The topological polar surface area (TPSA) is 139 Å². The summed E-state index contributed by atoms with van der Waals surface area (Å²) in [4.78, 5) is 13.2. The van der Waals surface area contributed by atoms with Crippen molar-refractivity contribution in [3.8, 4) is 17.2 Å². The lowest BCUT2D eigenvalue weighted by Gasteiger charge is -2.20. The lowest BCUT2D eigenvalue weighted by atomic mass is 9.92. The molecule has 5 rings (SSSR count). The fourth-order valence-corrected chi connectivity index (χ4v) is 5.06. The van der Waals surface area contributed by atoms with Crippen LogP contribution in [0.15, 0.2) is 46.1 Å². The van der Waals surface area contributed by atoms with Gasteiger partial charge in [-0.15, -0.1) is 0 Å². The number of benzene rings is 3. The number of phenols is 1. The van der Waals surface area contributed by atoms with Crippen molar-refractivity contribution in [3.63, 3.8) is 0 Å². The van der Waals surface area contributed by atoms with Crippen LogP contribution in [0.1, 0.15) is 24.2 Å². The molecule has 1 aliphatic heterocycles. The number of fused-ring (bicyclic) bond motifs is 5. The molecule has 1 fully saturated rings. The third-order valence-corrected chi connectivity index (χ3v) is 6.78. The monoisotopic (exact) mass is 494 g/mol. The number of methoxy groups -OCH3 is 2. The number of hydrogen-bond acceptors (Lipinski definition) is 9. The second kappa shape index (κ2) is 8.79. The van der Waals surface area contributed by atoms with Crippen LogP contribution in [-0.4, -0.2) is 59.1 Å². The first-order chi connectivity index (χ1) is 17.2. The average molecular weight is 494 g/mol. The second-order valence-electron chi connectivity index (χ2n) is 8.86. The van der Waals surface area contributed by atoms with E-state index < -0.39 is 36.1 Å². The predicted octanol–water partition coefficient (Wildman–Crippen LogP) is 3.01. The number of aliphatic hydroxyl groups is 3. The fourth-order valence-electron chi connectivity index (χ4n) is 5.06. The minimum Gasteiger partial charge on any atom is -0.507 e. The quantitative estimate of drug-likeness (QED) is 0.244. The lowest BCUT2D eigenvalue weighted by Crippen LogP contribution is -2.36. The standard InChI is InChI=1S/C27H26O9/c1-5-12-8-15-19(17(9-12)33-3)14-10-18(34-4)21-16(29)7-6-13(20(21)25(14)36-27(15)32)26-23(31)22(30)24(35-26)11(2)28/h5-11,22-24,26,28-31H,1H2,2-4H3/t11-,22-,23-,24+,26-/m0/s1. The molecule has 2 heterocycles. The number of rotatable bonds is 5. The van der Waals surface area contributed by atoms with Crippen molar-refractivity contribution >= 4 is 38.6 Å². The van der Waals surface area contributed by atoms with Gasteiger partial charge in [0.1, 0.15) is 47.2 Å². The van der Waals surface area contributed by atoms with Crippen LogP contribution in [0.3, 0.4) is 0 Å². The molecule has 0 spiro atoms. The van der Waals surface area contributed by atoms with Gasteiger partial charge in [-0.3, -0.25) is 0 Å². The molecule has 1 aliphatic rings. The molecule has 5 atom stereocenters. The van der Waals surface area contributed by atoms with E-state index in [1.165, 1.54) is 33.3 Å². The van der Waals surface area contributed by atoms with Crippen LogP contribution in [0.4, 0.5) is 0 Å². The van der Waals surface area contributed by atoms with E-state index >= 15 is 0 Å². The van der Waals surface area contributed by atoms with Crippen molar-refractivity contribution < 1.29 is 39.1 Å². The first-order valence-corrected chi connectivity index (χ1v) is 11.3. The largest absolute Gasteiger partial charge is 0.507 e. The summed E-state index contributed by atoms with van der Waals surface area (Å²) in [5.74, 6) is 0.538. The zero-order valence-corrected chi connectivity index (χ0v) is 19.9. The Morgan fingerprint density at radius 2 is 1.69 bits per heavy atom. The Morgan fingerprint density at radius 3 is 2.31 bits per heavy atom. The Hall–Kier alpha value is -3.63. The molecule has 0 unspecified atom stereocenters. The third-order valence-electron chi connectivity index (χ3n) is 6.78. The minimum absolute atomic E-state index is 0.115. The normalized spacial score (nSPS) is 22.8. The Labute approximate surface area is 205 Å². The maximum absolute atomic E-state index is 13.2. The van der Waals surface area contributed by atoms with Gasteiger partial charge in [0.05, 0.1) is 31.1 Å². The summed E-state index contributed by atoms with van der Waals surface area (Å²) >= 11 is 0. The highest BCUT2D eigenvalue weighted by molar-refractivity contribution is 6.19. The number of hydrogen-bond donors (Lipinski definition) is 4. The SMILES string of the molecule is C=Cc1cc(OC)c2c(c1)c(=O)oc1c2cc(OC)c2c(O)ccc([C@@H]3O[C@H]([C@H](C)O)[C@@H](O)[C@@H]3O)c21. The van der Waals surface area contributed by atoms with Gasteiger partial charge >= 0.3 is 5.63 Å². The molecule has 0 saturated carbocycles. The third kappa shape index (κ3) is 3.43. The molecule has 0 bridgehead atoms. The van der Waals surface area contributed by atoms with Gasteiger partial charge in [0, 0.05) is 16.2 Å². The highest BCUT2D eigenvalue weighted by Crippen LogP contribution is 2.47. The molecule has 1 saturated heterocycles. The molecule has 3 aromatic carbocycles. The molecule has 0 radical (unpaired) electrons. The molecule has 0 aliphatic carbocycles. The van der Waals surface area contributed by atoms with Crippen LogP contribution in [0.2, 0.25) is 0 Å². The van der Waals surface area contributed by atoms with Crippen LogP contribution in [0.5, 0.6) is 17.2 Å². The summed E-state index contributed by atoms with van der Waals surface area (Å²) in [6.45, 7) is 5.21. The van der Waals surface area contributed by atoms with Crippen LogP contribution in [0, 0.1) is 0 Å². The van der Waals surface area contributed by atoms with Crippen LogP contribution >= 0.6 is 0 Å². The van der Waals surface area contributed by atoms with E-state index in [4.69, 9.17) is 18.6 Å². The number of phenolic OH excluding ortho intramolecular Hbond substituents is 1. The van der Waals surface area contributed by atoms with E-state index in [0.29, 0.717) is 27.6 Å². The van der Waals surface area contributed by atoms with Crippen LogP contribution in [-0.2, 0) is 4.74 Å². The minimum atomic E-state index is -1.39.